The standard InChI is InChI=1S/C6H5ClNO/c7-5-2-1-3-8-6(5)4-9/h1,3,9H,4H2. The van der Waals surface area contributed by atoms with Crippen LogP contribution in [0, 0.1) is 6.07 Å². The zero-order valence-corrected chi connectivity index (χ0v) is 5.39. The van der Waals surface area contributed by atoms with Crippen molar-refractivity contribution in [3.8, 4) is 0 Å². The molecule has 1 N–H and O–H groups in total. The molecule has 0 aromatic carbocycles. The number of aliphatic hydroxyl groups is 1. The summed E-state index contributed by atoms with van der Waals surface area (Å²) in [5.74, 6) is 0. The van der Waals surface area contributed by atoms with E-state index >= 15 is 0 Å². The summed E-state index contributed by atoms with van der Waals surface area (Å²) in [6, 6.07) is 4.29. The van der Waals surface area contributed by atoms with Gasteiger partial charge in [-0.1, -0.05) is 11.6 Å². The largest absolute Gasteiger partial charge is 0.390 e. The smallest absolute Gasteiger partial charge is 0.0868 e. The van der Waals surface area contributed by atoms with Gasteiger partial charge >= 0.3 is 0 Å². The minimum atomic E-state index is -0.129. The van der Waals surface area contributed by atoms with Crippen molar-refractivity contribution >= 4 is 11.6 Å². The van der Waals surface area contributed by atoms with Gasteiger partial charge < -0.3 is 5.11 Å². The number of aromatic nitrogens is 1. The number of halogens is 1. The van der Waals surface area contributed by atoms with Gasteiger partial charge in [-0.3, -0.25) is 4.98 Å². The Morgan fingerprint density at radius 1 is 1.78 bits per heavy atom. The van der Waals surface area contributed by atoms with Crippen molar-refractivity contribution in [1.82, 2.24) is 4.98 Å². The number of hydrogen-bond donors (Lipinski definition) is 1. The van der Waals surface area contributed by atoms with E-state index in [2.05, 4.69) is 11.1 Å². The lowest BCUT2D eigenvalue weighted by molar-refractivity contribution is 0.277. The van der Waals surface area contributed by atoms with Crippen LogP contribution < -0.4 is 0 Å². The van der Waals surface area contributed by atoms with Gasteiger partial charge in [0.05, 0.1) is 17.3 Å². The molecular formula is C6H5ClNO. The van der Waals surface area contributed by atoms with Crippen LogP contribution >= 0.6 is 11.6 Å². The van der Waals surface area contributed by atoms with E-state index in [0.717, 1.165) is 0 Å². The lowest BCUT2D eigenvalue weighted by Crippen LogP contribution is -1.87. The van der Waals surface area contributed by atoms with E-state index < -0.39 is 0 Å². The Hall–Kier alpha value is -0.600. The molecular weight excluding hydrogens is 138 g/mol. The van der Waals surface area contributed by atoms with E-state index in [0.29, 0.717) is 10.7 Å². The van der Waals surface area contributed by atoms with E-state index in [4.69, 9.17) is 16.7 Å². The third-order valence-corrected chi connectivity index (χ3v) is 1.25. The predicted molar refractivity (Wildman–Crippen MR) is 34.0 cm³/mol. The van der Waals surface area contributed by atoms with Crippen LogP contribution in [0.5, 0.6) is 0 Å². The minimum absolute atomic E-state index is 0.129. The van der Waals surface area contributed by atoms with Gasteiger partial charge in [-0.25, -0.2) is 0 Å². The van der Waals surface area contributed by atoms with Crippen LogP contribution in [-0.4, -0.2) is 10.1 Å². The Kier molecular flexibility index (Phi) is 2.03. The summed E-state index contributed by atoms with van der Waals surface area (Å²) < 4.78 is 0. The highest BCUT2D eigenvalue weighted by molar-refractivity contribution is 6.31. The van der Waals surface area contributed by atoms with Gasteiger partial charge in [-0.15, -0.1) is 0 Å². The minimum Gasteiger partial charge on any atom is -0.390 e. The van der Waals surface area contributed by atoms with Gasteiger partial charge in [-0.05, 0) is 6.07 Å². The van der Waals surface area contributed by atoms with Crippen molar-refractivity contribution in [2.24, 2.45) is 0 Å². The predicted octanol–water partition coefficient (Wildman–Crippen LogP) is 1.03. The van der Waals surface area contributed by atoms with Crippen molar-refractivity contribution in [1.29, 1.82) is 0 Å². The summed E-state index contributed by atoms with van der Waals surface area (Å²) in [5.41, 5.74) is 0.471. The first-order valence-corrected chi connectivity index (χ1v) is 2.84. The molecule has 0 fully saturated rings. The quantitative estimate of drug-likeness (QED) is 0.635. The molecule has 0 spiro atoms. The summed E-state index contributed by atoms with van der Waals surface area (Å²) >= 11 is 5.55. The van der Waals surface area contributed by atoms with Crippen molar-refractivity contribution < 1.29 is 5.11 Å². The lowest BCUT2D eigenvalue weighted by atomic mass is 10.4. The molecule has 0 aliphatic carbocycles. The van der Waals surface area contributed by atoms with Crippen molar-refractivity contribution in [2.45, 2.75) is 6.61 Å². The van der Waals surface area contributed by atoms with E-state index in [1.807, 2.05) is 0 Å². The van der Waals surface area contributed by atoms with Crippen LogP contribution in [0.1, 0.15) is 5.69 Å². The zero-order valence-electron chi connectivity index (χ0n) is 4.63. The maximum atomic E-state index is 8.55. The van der Waals surface area contributed by atoms with Gasteiger partial charge in [0.1, 0.15) is 0 Å². The molecule has 0 unspecified atom stereocenters. The molecule has 47 valence electrons. The molecule has 0 saturated carbocycles. The molecule has 1 radical (unpaired) electrons. The second-order valence-electron chi connectivity index (χ2n) is 1.51. The molecule has 0 saturated heterocycles. The summed E-state index contributed by atoms with van der Waals surface area (Å²) in [7, 11) is 0. The van der Waals surface area contributed by atoms with Gasteiger partial charge in [0.25, 0.3) is 0 Å². The van der Waals surface area contributed by atoms with Gasteiger partial charge in [0.15, 0.2) is 0 Å². The maximum Gasteiger partial charge on any atom is 0.0868 e. The monoisotopic (exact) mass is 142 g/mol. The third-order valence-electron chi connectivity index (χ3n) is 0.918. The highest BCUT2D eigenvalue weighted by Crippen LogP contribution is 2.09. The summed E-state index contributed by atoms with van der Waals surface area (Å²) in [6.45, 7) is -0.129. The van der Waals surface area contributed by atoms with Crippen LogP contribution in [0.25, 0.3) is 0 Å². The van der Waals surface area contributed by atoms with Gasteiger partial charge in [-0.2, -0.15) is 0 Å². The highest BCUT2D eigenvalue weighted by atomic mass is 35.5. The fourth-order valence-electron chi connectivity index (χ4n) is 0.488. The second kappa shape index (κ2) is 2.80. The van der Waals surface area contributed by atoms with Crippen molar-refractivity contribution in [2.75, 3.05) is 0 Å². The number of aliphatic hydroxyl groups excluding tert-OH is 1. The molecule has 1 aromatic rings. The molecule has 1 rings (SSSR count). The normalized spacial score (nSPS) is 9.56. The Balaban J connectivity index is 3.01. The average molecular weight is 143 g/mol. The first kappa shape index (κ1) is 6.52. The molecule has 1 aromatic heterocycles. The van der Waals surface area contributed by atoms with Crippen molar-refractivity contribution in [3.05, 3.63) is 29.0 Å². The second-order valence-corrected chi connectivity index (χ2v) is 1.89. The molecule has 0 aliphatic rings. The number of hydrogen-bond acceptors (Lipinski definition) is 2. The molecule has 0 atom stereocenters. The highest BCUT2D eigenvalue weighted by Gasteiger charge is 1.95. The maximum absolute atomic E-state index is 8.55. The number of rotatable bonds is 1. The number of nitrogens with zero attached hydrogens (tertiary/aromatic N) is 1. The Bertz CT molecular complexity index is 202. The molecule has 3 heteroatoms. The van der Waals surface area contributed by atoms with Crippen LogP contribution in [0.15, 0.2) is 12.3 Å². The van der Waals surface area contributed by atoms with E-state index in [1.165, 1.54) is 6.20 Å². The van der Waals surface area contributed by atoms with Crippen LogP contribution in [-0.2, 0) is 6.61 Å². The van der Waals surface area contributed by atoms with Crippen LogP contribution in [0.2, 0.25) is 5.02 Å². The first-order valence-electron chi connectivity index (χ1n) is 2.46. The summed E-state index contributed by atoms with van der Waals surface area (Å²) in [6.07, 6.45) is 1.54. The molecule has 0 aliphatic heterocycles. The fourth-order valence-corrected chi connectivity index (χ4v) is 0.659. The molecule has 9 heavy (non-hydrogen) atoms. The van der Waals surface area contributed by atoms with Crippen LogP contribution in [0.3, 0.4) is 0 Å². The Morgan fingerprint density at radius 3 is 3.00 bits per heavy atom. The van der Waals surface area contributed by atoms with Crippen LogP contribution in [0.4, 0.5) is 0 Å². The average Bonchev–Trinajstić information content (AvgIpc) is 1.89. The SMILES string of the molecule is OCc1ncc[c]c1Cl. The molecule has 1 heterocycles. The van der Waals surface area contributed by atoms with E-state index in [1.54, 1.807) is 6.07 Å². The lowest BCUT2D eigenvalue weighted by Gasteiger charge is -1.93. The molecule has 2 nitrogen and oxygen atoms in total. The zero-order chi connectivity index (χ0) is 6.69. The third kappa shape index (κ3) is 1.40. The van der Waals surface area contributed by atoms with E-state index in [9.17, 15) is 0 Å². The van der Waals surface area contributed by atoms with E-state index in [-0.39, 0.29) is 6.61 Å². The first-order chi connectivity index (χ1) is 4.34. The number of pyridine rings is 1. The van der Waals surface area contributed by atoms with Gasteiger partial charge in [0, 0.05) is 12.3 Å². The molecule has 0 amide bonds. The molecule has 0 bridgehead atoms. The van der Waals surface area contributed by atoms with Crippen molar-refractivity contribution in [3.63, 3.8) is 0 Å². The Morgan fingerprint density at radius 2 is 2.56 bits per heavy atom. The summed E-state index contributed by atoms with van der Waals surface area (Å²) in [4.78, 5) is 3.78. The summed E-state index contributed by atoms with van der Waals surface area (Å²) in [5, 5.41) is 8.94. The topological polar surface area (TPSA) is 33.1 Å². The van der Waals surface area contributed by atoms with Gasteiger partial charge in [0.2, 0.25) is 0 Å². The fraction of sp³-hybridized carbons (Fsp3) is 0.167. The Labute approximate surface area is 58.1 Å².